The third kappa shape index (κ3) is 5.03. The number of fused-ring (bicyclic) bond motifs is 1. The average Bonchev–Trinajstić information content (AvgIpc) is 2.80. The lowest BCUT2D eigenvalue weighted by molar-refractivity contribution is -0.167. The number of aryl methyl sites for hydroxylation is 1. The minimum atomic E-state index is -4.96. The van der Waals surface area contributed by atoms with E-state index in [1.807, 2.05) is 29.6 Å². The lowest BCUT2D eigenvalue weighted by Crippen LogP contribution is -2.46. The van der Waals surface area contributed by atoms with Crippen molar-refractivity contribution in [2.24, 2.45) is 0 Å². The van der Waals surface area contributed by atoms with Gasteiger partial charge in [-0.25, -0.2) is 4.98 Å². The van der Waals surface area contributed by atoms with E-state index in [0.29, 0.717) is 17.7 Å². The lowest BCUT2D eigenvalue weighted by atomic mass is 10.0. The van der Waals surface area contributed by atoms with E-state index in [2.05, 4.69) is 21.9 Å². The smallest absolute Gasteiger partial charge is 0.380 e. The standard InChI is InChI=1S/C24H25F3N4O2/c1-16-12-19-17(15-33-2)13-22(28-21(19)14-20(16)29-23(32)24(25,26)27)31-10-8-30(9-11-31)18-6-4-3-5-7-18/h3-7,12-14H,8-11,15H2,1-2H3,(H,29,32). The number of pyridine rings is 1. The Kier molecular flexibility index (Phi) is 6.42. The molecule has 0 bridgehead atoms. The van der Waals surface area contributed by atoms with Gasteiger partial charge in [-0.3, -0.25) is 4.79 Å². The molecule has 3 aromatic rings. The number of rotatable bonds is 5. The van der Waals surface area contributed by atoms with Gasteiger partial charge >= 0.3 is 12.1 Å². The number of hydrogen-bond acceptors (Lipinski definition) is 5. The Hall–Kier alpha value is -3.33. The highest BCUT2D eigenvalue weighted by atomic mass is 19.4. The quantitative estimate of drug-likeness (QED) is 0.610. The Morgan fingerprint density at radius 1 is 1.06 bits per heavy atom. The number of amides is 1. The first-order valence-corrected chi connectivity index (χ1v) is 10.6. The van der Waals surface area contributed by atoms with Crippen LogP contribution in [0.4, 0.5) is 30.4 Å². The molecule has 0 unspecified atom stereocenters. The number of carbonyl (C=O) groups is 1. The maximum atomic E-state index is 12.8. The summed E-state index contributed by atoms with van der Waals surface area (Å²) in [6.07, 6.45) is -4.96. The number of para-hydroxylation sites is 1. The van der Waals surface area contributed by atoms with Crippen molar-refractivity contribution in [1.29, 1.82) is 0 Å². The fourth-order valence-corrected chi connectivity index (χ4v) is 4.03. The third-order valence-corrected chi connectivity index (χ3v) is 5.76. The number of ether oxygens (including phenoxy) is 1. The minimum Gasteiger partial charge on any atom is -0.380 e. The Labute approximate surface area is 190 Å². The average molecular weight is 458 g/mol. The topological polar surface area (TPSA) is 57.7 Å². The maximum Gasteiger partial charge on any atom is 0.471 e. The monoisotopic (exact) mass is 458 g/mol. The molecule has 1 N–H and O–H groups in total. The zero-order valence-corrected chi connectivity index (χ0v) is 18.4. The van der Waals surface area contributed by atoms with Gasteiger partial charge in [0, 0.05) is 50.0 Å². The molecule has 9 heteroatoms. The van der Waals surface area contributed by atoms with Crippen LogP contribution in [0.5, 0.6) is 0 Å². The molecule has 1 amide bonds. The van der Waals surface area contributed by atoms with Crippen molar-refractivity contribution in [2.75, 3.05) is 48.4 Å². The van der Waals surface area contributed by atoms with Crippen molar-refractivity contribution in [2.45, 2.75) is 19.7 Å². The first-order chi connectivity index (χ1) is 15.8. The summed E-state index contributed by atoms with van der Waals surface area (Å²) in [7, 11) is 1.59. The van der Waals surface area contributed by atoms with Gasteiger partial charge in [0.25, 0.3) is 0 Å². The zero-order valence-electron chi connectivity index (χ0n) is 18.4. The molecule has 1 aromatic heterocycles. The van der Waals surface area contributed by atoms with Crippen molar-refractivity contribution in [3.05, 3.63) is 59.7 Å². The van der Waals surface area contributed by atoms with Crippen LogP contribution in [0, 0.1) is 6.92 Å². The van der Waals surface area contributed by atoms with E-state index in [4.69, 9.17) is 9.72 Å². The van der Waals surface area contributed by atoms with Crippen LogP contribution in [0.1, 0.15) is 11.1 Å². The SMILES string of the molecule is COCc1cc(N2CCN(c3ccccc3)CC2)nc2cc(NC(=O)C(F)(F)F)c(C)cc12. The molecule has 33 heavy (non-hydrogen) atoms. The van der Waals surface area contributed by atoms with Gasteiger partial charge in [-0.2, -0.15) is 13.2 Å². The van der Waals surface area contributed by atoms with Gasteiger partial charge in [0.2, 0.25) is 0 Å². The number of nitrogens with zero attached hydrogens (tertiary/aromatic N) is 3. The van der Waals surface area contributed by atoms with Crippen LogP contribution in [-0.2, 0) is 16.1 Å². The molecule has 2 heterocycles. The lowest BCUT2D eigenvalue weighted by Gasteiger charge is -2.37. The van der Waals surface area contributed by atoms with E-state index in [9.17, 15) is 18.0 Å². The van der Waals surface area contributed by atoms with E-state index in [1.165, 1.54) is 11.8 Å². The van der Waals surface area contributed by atoms with Crippen LogP contribution in [0.15, 0.2) is 48.5 Å². The first-order valence-electron chi connectivity index (χ1n) is 10.6. The van der Waals surface area contributed by atoms with Crippen LogP contribution in [0.3, 0.4) is 0 Å². The Morgan fingerprint density at radius 2 is 1.73 bits per heavy atom. The van der Waals surface area contributed by atoms with Crippen molar-refractivity contribution in [3.8, 4) is 0 Å². The zero-order chi connectivity index (χ0) is 23.6. The van der Waals surface area contributed by atoms with Gasteiger partial charge in [-0.05, 0) is 48.4 Å². The van der Waals surface area contributed by atoms with Crippen LogP contribution in [0.2, 0.25) is 0 Å². The molecule has 1 fully saturated rings. The normalized spacial score (nSPS) is 14.6. The Morgan fingerprint density at radius 3 is 2.36 bits per heavy atom. The van der Waals surface area contributed by atoms with Crippen LogP contribution in [-0.4, -0.2) is 50.4 Å². The second-order valence-corrected chi connectivity index (χ2v) is 8.02. The molecule has 1 aliphatic rings. The van der Waals surface area contributed by atoms with Gasteiger partial charge in [0.15, 0.2) is 0 Å². The molecule has 174 valence electrons. The molecule has 0 saturated carbocycles. The summed E-state index contributed by atoms with van der Waals surface area (Å²) in [5, 5.41) is 2.74. The molecule has 0 aliphatic carbocycles. The predicted molar refractivity (Wildman–Crippen MR) is 123 cm³/mol. The van der Waals surface area contributed by atoms with Crippen LogP contribution >= 0.6 is 0 Å². The minimum absolute atomic E-state index is 0.0896. The number of hydrogen-bond donors (Lipinski definition) is 1. The molecular weight excluding hydrogens is 433 g/mol. The number of alkyl halides is 3. The summed E-state index contributed by atoms with van der Waals surface area (Å²) in [6.45, 7) is 5.14. The predicted octanol–water partition coefficient (Wildman–Crippen LogP) is 4.52. The highest BCUT2D eigenvalue weighted by molar-refractivity contribution is 5.98. The number of nitrogens with one attached hydrogen (secondary N) is 1. The van der Waals surface area contributed by atoms with E-state index in [-0.39, 0.29) is 5.69 Å². The molecule has 0 spiro atoms. The number of halogens is 3. The Balaban J connectivity index is 1.63. The molecule has 1 aliphatic heterocycles. The summed E-state index contributed by atoms with van der Waals surface area (Å²) < 4.78 is 43.6. The number of benzene rings is 2. The van der Waals surface area contributed by atoms with Crippen LogP contribution < -0.4 is 15.1 Å². The summed E-state index contributed by atoms with van der Waals surface area (Å²) in [4.78, 5) is 20.7. The van der Waals surface area contributed by atoms with E-state index in [1.54, 1.807) is 20.1 Å². The first kappa shape index (κ1) is 22.8. The summed E-state index contributed by atoms with van der Waals surface area (Å²) in [5.41, 5.74) is 3.17. The number of carbonyl (C=O) groups excluding carboxylic acids is 1. The molecule has 0 atom stereocenters. The summed E-state index contributed by atoms with van der Waals surface area (Å²) in [5.74, 6) is -1.27. The number of anilines is 3. The molecule has 2 aromatic carbocycles. The van der Waals surface area contributed by atoms with Crippen molar-refractivity contribution in [1.82, 2.24) is 4.98 Å². The molecule has 4 rings (SSSR count). The fourth-order valence-electron chi connectivity index (χ4n) is 4.03. The van der Waals surface area contributed by atoms with Gasteiger partial charge in [0.1, 0.15) is 5.82 Å². The molecule has 6 nitrogen and oxygen atoms in total. The highest BCUT2D eigenvalue weighted by Crippen LogP contribution is 2.30. The van der Waals surface area contributed by atoms with Crippen molar-refractivity contribution >= 4 is 34.0 Å². The van der Waals surface area contributed by atoms with Gasteiger partial charge in [0.05, 0.1) is 12.1 Å². The van der Waals surface area contributed by atoms with E-state index in [0.717, 1.165) is 42.9 Å². The van der Waals surface area contributed by atoms with Gasteiger partial charge < -0.3 is 19.9 Å². The van der Waals surface area contributed by atoms with Crippen LogP contribution in [0.25, 0.3) is 10.9 Å². The molecule has 1 saturated heterocycles. The van der Waals surface area contributed by atoms with E-state index >= 15 is 0 Å². The second kappa shape index (κ2) is 9.27. The van der Waals surface area contributed by atoms with E-state index < -0.39 is 12.1 Å². The number of aromatic nitrogens is 1. The third-order valence-electron chi connectivity index (χ3n) is 5.76. The summed E-state index contributed by atoms with van der Waals surface area (Å²) in [6, 6.07) is 15.4. The Bertz CT molecular complexity index is 1140. The summed E-state index contributed by atoms with van der Waals surface area (Å²) >= 11 is 0. The molecular formula is C24H25F3N4O2. The van der Waals surface area contributed by atoms with Crippen molar-refractivity contribution in [3.63, 3.8) is 0 Å². The maximum absolute atomic E-state index is 12.8. The fraction of sp³-hybridized carbons (Fsp3) is 0.333. The largest absolute Gasteiger partial charge is 0.471 e. The highest BCUT2D eigenvalue weighted by Gasteiger charge is 2.39. The van der Waals surface area contributed by atoms with Crippen molar-refractivity contribution < 1.29 is 22.7 Å². The number of methoxy groups -OCH3 is 1. The van der Waals surface area contributed by atoms with Gasteiger partial charge in [-0.1, -0.05) is 18.2 Å². The number of piperazine rings is 1. The van der Waals surface area contributed by atoms with Gasteiger partial charge in [-0.15, -0.1) is 0 Å². The molecule has 0 radical (unpaired) electrons. The second-order valence-electron chi connectivity index (χ2n) is 8.02.